The molecule has 6 heteroatoms. The van der Waals surface area contributed by atoms with Crippen LogP contribution in [0.3, 0.4) is 0 Å². The predicted molar refractivity (Wildman–Crippen MR) is 60.0 cm³/mol. The maximum absolute atomic E-state index is 11.5. The molecule has 0 aromatic heterocycles. The van der Waals surface area contributed by atoms with Gasteiger partial charge in [0.25, 0.3) is 0 Å². The molecule has 0 aliphatic carbocycles. The van der Waals surface area contributed by atoms with Crippen LogP contribution in [0.5, 0.6) is 0 Å². The number of ether oxygens (including phenoxy) is 1. The zero-order chi connectivity index (χ0) is 11.8. The van der Waals surface area contributed by atoms with E-state index in [0.29, 0.717) is 19.7 Å². The summed E-state index contributed by atoms with van der Waals surface area (Å²) in [6.45, 7) is 3.79. The molecule has 90 valence electrons. The van der Waals surface area contributed by atoms with E-state index in [-0.39, 0.29) is 12.1 Å². The molecule has 1 aliphatic heterocycles. The van der Waals surface area contributed by atoms with Crippen molar-refractivity contribution in [3.05, 3.63) is 10.4 Å². The van der Waals surface area contributed by atoms with Crippen LogP contribution in [-0.4, -0.2) is 36.7 Å². The highest BCUT2D eigenvalue weighted by molar-refractivity contribution is 5.67. The van der Waals surface area contributed by atoms with Gasteiger partial charge in [0.05, 0.1) is 6.61 Å². The van der Waals surface area contributed by atoms with Crippen molar-refractivity contribution in [3.63, 3.8) is 0 Å². The van der Waals surface area contributed by atoms with Gasteiger partial charge in [-0.2, -0.15) is 0 Å². The van der Waals surface area contributed by atoms with E-state index in [4.69, 9.17) is 10.3 Å². The summed E-state index contributed by atoms with van der Waals surface area (Å²) in [5.74, 6) is 0. The van der Waals surface area contributed by atoms with E-state index < -0.39 is 0 Å². The fourth-order valence-corrected chi connectivity index (χ4v) is 1.63. The summed E-state index contributed by atoms with van der Waals surface area (Å²) >= 11 is 0. The van der Waals surface area contributed by atoms with Gasteiger partial charge in [-0.1, -0.05) is 18.5 Å². The van der Waals surface area contributed by atoms with Gasteiger partial charge in [-0.3, -0.25) is 0 Å². The molecule has 1 heterocycles. The lowest BCUT2D eigenvalue weighted by molar-refractivity contribution is 0.0919. The van der Waals surface area contributed by atoms with Crippen molar-refractivity contribution >= 4 is 6.09 Å². The Labute approximate surface area is 95.2 Å². The minimum Gasteiger partial charge on any atom is -0.449 e. The first-order valence-electron chi connectivity index (χ1n) is 5.73. The van der Waals surface area contributed by atoms with Crippen LogP contribution in [0.2, 0.25) is 0 Å². The minimum absolute atomic E-state index is 0.0321. The van der Waals surface area contributed by atoms with Crippen LogP contribution in [-0.2, 0) is 4.74 Å². The van der Waals surface area contributed by atoms with Gasteiger partial charge in [0.15, 0.2) is 0 Å². The summed E-state index contributed by atoms with van der Waals surface area (Å²) < 4.78 is 5.10. The van der Waals surface area contributed by atoms with Crippen molar-refractivity contribution in [1.29, 1.82) is 0 Å². The second-order valence-electron chi connectivity index (χ2n) is 3.89. The van der Waals surface area contributed by atoms with Crippen molar-refractivity contribution in [1.82, 2.24) is 4.90 Å². The molecule has 0 atom stereocenters. The van der Waals surface area contributed by atoms with Crippen LogP contribution < -0.4 is 0 Å². The smallest absolute Gasteiger partial charge is 0.409 e. The van der Waals surface area contributed by atoms with Gasteiger partial charge in [0, 0.05) is 24.0 Å². The largest absolute Gasteiger partial charge is 0.449 e. The van der Waals surface area contributed by atoms with Gasteiger partial charge in [-0.25, -0.2) is 4.79 Å². The molecule has 0 spiro atoms. The number of hydrogen-bond acceptors (Lipinski definition) is 3. The number of unbranched alkanes of at least 4 members (excludes halogenated alkanes) is 1. The first-order chi connectivity index (χ1) is 7.77. The lowest BCUT2D eigenvalue weighted by atomic mass is 10.1. The number of azide groups is 1. The van der Waals surface area contributed by atoms with E-state index in [1.165, 1.54) is 0 Å². The Morgan fingerprint density at radius 1 is 1.56 bits per heavy atom. The average molecular weight is 226 g/mol. The molecule has 1 rings (SSSR count). The number of carbonyl (C=O) groups is 1. The first-order valence-corrected chi connectivity index (χ1v) is 5.73. The molecule has 1 amide bonds. The molecular formula is C10H18N4O2. The Morgan fingerprint density at radius 3 is 2.81 bits per heavy atom. The quantitative estimate of drug-likeness (QED) is 0.320. The van der Waals surface area contributed by atoms with Crippen LogP contribution >= 0.6 is 0 Å². The molecule has 0 bridgehead atoms. The molecule has 1 aliphatic rings. The van der Waals surface area contributed by atoms with Crippen LogP contribution in [0.4, 0.5) is 4.79 Å². The Hall–Kier alpha value is -1.42. The topological polar surface area (TPSA) is 78.3 Å². The molecule has 0 N–H and O–H groups in total. The highest BCUT2D eigenvalue weighted by Crippen LogP contribution is 2.14. The van der Waals surface area contributed by atoms with Crippen molar-refractivity contribution < 1.29 is 9.53 Å². The summed E-state index contributed by atoms with van der Waals surface area (Å²) in [6, 6.07) is 0.0321. The minimum atomic E-state index is -0.243. The van der Waals surface area contributed by atoms with Crippen LogP contribution in [0.25, 0.3) is 10.4 Å². The van der Waals surface area contributed by atoms with Gasteiger partial charge < -0.3 is 9.64 Å². The van der Waals surface area contributed by atoms with E-state index in [9.17, 15) is 4.79 Å². The maximum atomic E-state index is 11.5. The standard InChI is InChI=1S/C10H18N4O2/c1-2-3-8-16-10(15)14-6-4-9(5-7-14)12-13-11/h9H,2-8H2,1H3. The van der Waals surface area contributed by atoms with Crippen LogP contribution in [0.15, 0.2) is 5.11 Å². The monoisotopic (exact) mass is 226 g/mol. The molecule has 6 nitrogen and oxygen atoms in total. The zero-order valence-electron chi connectivity index (χ0n) is 9.63. The molecule has 0 saturated carbocycles. The van der Waals surface area contributed by atoms with Crippen molar-refractivity contribution in [2.75, 3.05) is 19.7 Å². The zero-order valence-corrected chi connectivity index (χ0v) is 9.63. The Kier molecular flexibility index (Phi) is 5.50. The molecule has 1 fully saturated rings. The fourth-order valence-electron chi connectivity index (χ4n) is 1.63. The van der Waals surface area contributed by atoms with Crippen molar-refractivity contribution in [3.8, 4) is 0 Å². The van der Waals surface area contributed by atoms with E-state index >= 15 is 0 Å². The third-order valence-electron chi connectivity index (χ3n) is 2.66. The van der Waals surface area contributed by atoms with Crippen LogP contribution in [0, 0.1) is 0 Å². The summed E-state index contributed by atoms with van der Waals surface area (Å²) in [4.78, 5) is 16.0. The maximum Gasteiger partial charge on any atom is 0.409 e. The van der Waals surface area contributed by atoms with Crippen molar-refractivity contribution in [2.45, 2.75) is 38.6 Å². The van der Waals surface area contributed by atoms with Crippen molar-refractivity contribution in [2.24, 2.45) is 5.11 Å². The second-order valence-corrected chi connectivity index (χ2v) is 3.89. The summed E-state index contributed by atoms with van der Waals surface area (Å²) in [7, 11) is 0. The fraction of sp³-hybridized carbons (Fsp3) is 0.900. The van der Waals surface area contributed by atoms with E-state index in [2.05, 4.69) is 16.9 Å². The highest BCUT2D eigenvalue weighted by Gasteiger charge is 2.22. The Morgan fingerprint density at radius 2 is 2.25 bits per heavy atom. The number of piperidine rings is 1. The molecule has 16 heavy (non-hydrogen) atoms. The van der Waals surface area contributed by atoms with Gasteiger partial charge in [0.1, 0.15) is 0 Å². The normalized spacial score (nSPS) is 16.7. The molecule has 0 aromatic rings. The molecule has 0 unspecified atom stereocenters. The molecule has 1 saturated heterocycles. The highest BCUT2D eigenvalue weighted by atomic mass is 16.6. The third-order valence-corrected chi connectivity index (χ3v) is 2.66. The predicted octanol–water partition coefficient (Wildman–Crippen LogP) is 2.70. The van der Waals surface area contributed by atoms with Gasteiger partial charge in [0.2, 0.25) is 0 Å². The van der Waals surface area contributed by atoms with Gasteiger partial charge in [-0.05, 0) is 24.8 Å². The van der Waals surface area contributed by atoms with Crippen LogP contribution in [0.1, 0.15) is 32.6 Å². The summed E-state index contributed by atoms with van der Waals surface area (Å²) in [5, 5.41) is 3.65. The SMILES string of the molecule is CCCCOC(=O)N1CCC(N=[N+]=[N-])CC1. The summed E-state index contributed by atoms with van der Waals surface area (Å²) in [6.07, 6.45) is 3.14. The Bertz CT molecular complexity index is 268. The number of nitrogens with zero attached hydrogens (tertiary/aromatic N) is 4. The van der Waals surface area contributed by atoms with E-state index in [0.717, 1.165) is 25.7 Å². The number of carbonyl (C=O) groups excluding carboxylic acids is 1. The third kappa shape index (κ3) is 3.98. The van der Waals surface area contributed by atoms with E-state index in [1.54, 1.807) is 4.90 Å². The number of amides is 1. The lowest BCUT2D eigenvalue weighted by Crippen LogP contribution is -2.39. The van der Waals surface area contributed by atoms with Gasteiger partial charge >= 0.3 is 6.09 Å². The Balaban J connectivity index is 2.24. The number of likely N-dealkylation sites (tertiary alicyclic amines) is 1. The summed E-state index contributed by atoms with van der Waals surface area (Å²) in [5.41, 5.74) is 8.29. The molecular weight excluding hydrogens is 208 g/mol. The molecule has 0 aromatic carbocycles. The second kappa shape index (κ2) is 6.95. The lowest BCUT2D eigenvalue weighted by Gasteiger charge is -2.29. The van der Waals surface area contributed by atoms with Gasteiger partial charge in [-0.15, -0.1) is 0 Å². The number of rotatable bonds is 4. The number of hydrogen-bond donors (Lipinski definition) is 0. The first kappa shape index (κ1) is 12.6. The average Bonchev–Trinajstić information content (AvgIpc) is 2.30. The van der Waals surface area contributed by atoms with E-state index in [1.807, 2.05) is 0 Å². The molecule has 0 radical (unpaired) electrons.